The highest BCUT2D eigenvalue weighted by Gasteiger charge is 1.67. The van der Waals surface area contributed by atoms with Crippen LogP contribution in [0.5, 0.6) is 0 Å². The van der Waals surface area contributed by atoms with Crippen molar-refractivity contribution in [3.8, 4) is 0 Å². The number of hydrogen-bond acceptors (Lipinski definition) is 2. The molecule has 0 heterocycles. The van der Waals surface area contributed by atoms with Gasteiger partial charge in [-0.1, -0.05) is 0 Å². The molecule has 0 saturated carbocycles. The van der Waals surface area contributed by atoms with Gasteiger partial charge in [0.1, 0.15) is 0 Å². The molecule has 56 valence electrons. The Bertz CT molecular complexity index is 30.2. The van der Waals surface area contributed by atoms with Crippen LogP contribution in [0.3, 0.4) is 0 Å². The molecule has 9 heavy (non-hydrogen) atoms. The molecule has 2 nitrogen and oxygen atoms in total. The fourth-order valence-corrected chi connectivity index (χ4v) is 0.354. The van der Waals surface area contributed by atoms with Gasteiger partial charge in [-0.25, -0.2) is 0 Å². The fraction of sp³-hybridized carbons (Fsp3) is 0.333. The first-order chi connectivity index (χ1) is 4.41. The van der Waals surface area contributed by atoms with Crippen molar-refractivity contribution in [2.24, 2.45) is 0 Å². The third kappa shape index (κ3) is 91.9. The first-order valence-corrected chi connectivity index (χ1v) is 3.55. The largest absolute Gasteiger partial charge is 0.402 e. The lowest BCUT2D eigenvalue weighted by Crippen LogP contribution is -1.93. The molecular formula is C6H16O2Si. The molecule has 0 aromatic rings. The molecule has 0 amide bonds. The highest BCUT2D eigenvalue weighted by Crippen LogP contribution is 1.55. The molecule has 0 bridgehead atoms. The summed E-state index contributed by atoms with van der Waals surface area (Å²) >= 11 is 0. The van der Waals surface area contributed by atoms with Crippen molar-refractivity contribution in [3.63, 3.8) is 0 Å². The third-order valence-corrected chi connectivity index (χ3v) is 0.707. The number of hydrogen-bond donors (Lipinski definition) is 0. The van der Waals surface area contributed by atoms with Crippen LogP contribution in [0.1, 0.15) is 0 Å². The molecule has 0 aliphatic heterocycles. The van der Waals surface area contributed by atoms with Crippen LogP contribution >= 0.6 is 0 Å². The van der Waals surface area contributed by atoms with E-state index in [9.17, 15) is 0 Å². The first kappa shape index (κ1) is 15.8. The van der Waals surface area contributed by atoms with Crippen molar-refractivity contribution in [3.05, 3.63) is 26.3 Å². The summed E-state index contributed by atoms with van der Waals surface area (Å²) in [6, 6.07) is 0. The van der Waals surface area contributed by atoms with E-state index < -0.39 is 10.0 Å². The summed E-state index contributed by atoms with van der Waals surface area (Å²) in [4.78, 5) is 0. The summed E-state index contributed by atoms with van der Waals surface area (Å²) in [5.41, 5.74) is 0. The van der Waals surface area contributed by atoms with Crippen molar-refractivity contribution >= 4 is 10.0 Å². The lowest BCUT2D eigenvalue weighted by atomic mass is 11.3. The quantitative estimate of drug-likeness (QED) is 0.427. The molecule has 3 heteroatoms. The highest BCUT2D eigenvalue weighted by molar-refractivity contribution is 6.17. The topological polar surface area (TPSA) is 18.5 Å². The minimum Gasteiger partial charge on any atom is -0.402 e. The van der Waals surface area contributed by atoms with Gasteiger partial charge in [-0.2, -0.15) is 0 Å². The van der Waals surface area contributed by atoms with Gasteiger partial charge in [-0.05, 0) is 0 Å². The first-order valence-electron chi connectivity index (χ1n) is 2.39. The Morgan fingerprint density at radius 3 is 1.11 bits per heavy atom. The zero-order valence-electron chi connectivity index (χ0n) is 6.35. The molecule has 0 aliphatic carbocycles. The van der Waals surface area contributed by atoms with Crippen LogP contribution in [0.2, 0.25) is 0 Å². The van der Waals surface area contributed by atoms with Crippen LogP contribution < -0.4 is 0 Å². The van der Waals surface area contributed by atoms with E-state index >= 15 is 0 Å². The van der Waals surface area contributed by atoms with Crippen LogP contribution in [0, 0.1) is 0 Å². The summed E-state index contributed by atoms with van der Waals surface area (Å²) in [6.07, 6.45) is 0. The smallest absolute Gasteiger partial charge is 0.303 e. The van der Waals surface area contributed by atoms with Gasteiger partial charge >= 0.3 is 10.0 Å². The van der Waals surface area contributed by atoms with Gasteiger partial charge in [0.2, 0.25) is 0 Å². The average molecular weight is 148 g/mol. The van der Waals surface area contributed by atoms with Crippen molar-refractivity contribution in [1.29, 1.82) is 0 Å². The second kappa shape index (κ2) is 48.7. The van der Waals surface area contributed by atoms with Crippen molar-refractivity contribution in [2.45, 2.75) is 0 Å². The van der Waals surface area contributed by atoms with Gasteiger partial charge in [-0.3, -0.25) is 0 Å². The van der Waals surface area contributed by atoms with E-state index in [0.29, 0.717) is 0 Å². The molecule has 0 aromatic carbocycles. The zero-order chi connectivity index (χ0) is 8.12. The molecule has 0 rings (SSSR count). The molecular weight excluding hydrogens is 132 g/mol. The zero-order valence-corrected chi connectivity index (χ0v) is 7.77. The monoisotopic (exact) mass is 148 g/mol. The van der Waals surface area contributed by atoms with Crippen LogP contribution in [-0.4, -0.2) is 24.2 Å². The van der Waals surface area contributed by atoms with Crippen molar-refractivity contribution < 1.29 is 8.85 Å². The predicted molar refractivity (Wildman–Crippen MR) is 45.1 cm³/mol. The van der Waals surface area contributed by atoms with Gasteiger partial charge in [-0.15, -0.1) is 26.3 Å². The molecule has 0 spiro atoms. The SMILES string of the molecule is C=C.C=C.CO[SiH2]OC. The maximum Gasteiger partial charge on any atom is 0.303 e. The van der Waals surface area contributed by atoms with Gasteiger partial charge < -0.3 is 8.85 Å². The summed E-state index contributed by atoms with van der Waals surface area (Å²) < 4.78 is 9.22. The van der Waals surface area contributed by atoms with E-state index in [0.717, 1.165) is 0 Å². The third-order valence-electron chi connectivity index (χ3n) is 0.236. The Labute approximate surface area is 60.2 Å². The maximum atomic E-state index is 4.61. The Kier molecular flexibility index (Phi) is 85.7. The maximum absolute atomic E-state index is 4.61. The van der Waals surface area contributed by atoms with Gasteiger partial charge in [0.05, 0.1) is 0 Å². The fourth-order valence-electron chi connectivity index (χ4n) is 0.118. The second-order valence-electron chi connectivity index (χ2n) is 0.695. The molecule has 0 aromatic heterocycles. The molecule has 0 fully saturated rings. The standard InChI is InChI=1S/C2H8O2Si.2C2H4/c1-3-5-4-2;2*1-2/h5H2,1-2H3;2*1-2H2. The normalized spacial score (nSPS) is 5.56. The van der Waals surface area contributed by atoms with Crippen LogP contribution in [-0.2, 0) is 8.85 Å². The molecule has 0 N–H and O–H groups in total. The van der Waals surface area contributed by atoms with Crippen LogP contribution in [0.4, 0.5) is 0 Å². The summed E-state index contributed by atoms with van der Waals surface area (Å²) in [5.74, 6) is 0. The minimum absolute atomic E-state index is 0.568. The lowest BCUT2D eigenvalue weighted by molar-refractivity contribution is 0.309. The van der Waals surface area contributed by atoms with Gasteiger partial charge in [0, 0.05) is 14.2 Å². The van der Waals surface area contributed by atoms with Crippen LogP contribution in [0.15, 0.2) is 26.3 Å². The molecule has 0 aliphatic rings. The van der Waals surface area contributed by atoms with E-state index in [1.807, 2.05) is 0 Å². The van der Waals surface area contributed by atoms with E-state index in [4.69, 9.17) is 0 Å². The van der Waals surface area contributed by atoms with Gasteiger partial charge in [0.25, 0.3) is 0 Å². The number of rotatable bonds is 2. The molecule has 0 atom stereocenters. The predicted octanol–water partition coefficient (Wildman–Crippen LogP) is 0.882. The van der Waals surface area contributed by atoms with Crippen molar-refractivity contribution in [1.82, 2.24) is 0 Å². The second-order valence-corrected chi connectivity index (χ2v) is 2.09. The van der Waals surface area contributed by atoms with E-state index in [1.165, 1.54) is 0 Å². The van der Waals surface area contributed by atoms with Crippen molar-refractivity contribution in [2.75, 3.05) is 14.2 Å². The highest BCUT2D eigenvalue weighted by atomic mass is 28.3. The Balaban J connectivity index is -0.0000000771. The van der Waals surface area contributed by atoms with Gasteiger partial charge in [0.15, 0.2) is 0 Å². The Morgan fingerprint density at radius 2 is 1.11 bits per heavy atom. The van der Waals surface area contributed by atoms with E-state index in [-0.39, 0.29) is 0 Å². The van der Waals surface area contributed by atoms with E-state index in [1.54, 1.807) is 14.2 Å². The molecule has 0 saturated heterocycles. The Hall–Kier alpha value is -0.383. The van der Waals surface area contributed by atoms with Crippen LogP contribution in [0.25, 0.3) is 0 Å². The Morgan fingerprint density at radius 1 is 0.889 bits per heavy atom. The summed E-state index contributed by atoms with van der Waals surface area (Å²) in [6.45, 7) is 12.0. The summed E-state index contributed by atoms with van der Waals surface area (Å²) in [7, 11) is 2.73. The summed E-state index contributed by atoms with van der Waals surface area (Å²) in [5, 5.41) is 0. The van der Waals surface area contributed by atoms with E-state index in [2.05, 4.69) is 35.2 Å². The average Bonchev–Trinajstić information content (AvgIpc) is 1.98. The lowest BCUT2D eigenvalue weighted by Gasteiger charge is -1.86. The molecule has 0 radical (unpaired) electrons. The minimum atomic E-state index is -0.568. The molecule has 0 unspecified atom stereocenters.